The van der Waals surface area contributed by atoms with Crippen LogP contribution in [-0.4, -0.2) is 53.9 Å². The third-order valence-electron chi connectivity index (χ3n) is 4.36. The summed E-state index contributed by atoms with van der Waals surface area (Å²) in [6.45, 7) is 2.76. The second-order valence-electron chi connectivity index (χ2n) is 5.32. The van der Waals surface area contributed by atoms with Crippen molar-refractivity contribution in [1.29, 1.82) is 0 Å². The SMILES string of the molecule is CCOC(=O)C[N+]1(C)[C@@H]2CC[C@@H]1CC(O)C2. The summed E-state index contributed by atoms with van der Waals surface area (Å²) in [5.41, 5.74) is 0. The molecule has 2 saturated heterocycles. The van der Waals surface area contributed by atoms with Crippen molar-refractivity contribution in [3.8, 4) is 0 Å². The van der Waals surface area contributed by atoms with E-state index >= 15 is 0 Å². The molecular formula is C12H22NO3+. The molecule has 0 saturated carbocycles. The van der Waals surface area contributed by atoms with Crippen LogP contribution in [0.1, 0.15) is 32.6 Å². The van der Waals surface area contributed by atoms with Crippen LogP contribution in [0.5, 0.6) is 0 Å². The van der Waals surface area contributed by atoms with Crippen LogP contribution in [0.25, 0.3) is 0 Å². The zero-order valence-electron chi connectivity index (χ0n) is 10.2. The number of rotatable bonds is 3. The number of nitrogens with zero attached hydrogens (tertiary/aromatic N) is 1. The summed E-state index contributed by atoms with van der Waals surface area (Å²) in [5, 5.41) is 9.73. The van der Waals surface area contributed by atoms with Crippen molar-refractivity contribution >= 4 is 5.97 Å². The van der Waals surface area contributed by atoms with Gasteiger partial charge in [-0.1, -0.05) is 0 Å². The van der Waals surface area contributed by atoms with E-state index in [-0.39, 0.29) is 12.1 Å². The molecule has 2 aliphatic heterocycles. The molecule has 2 heterocycles. The first-order valence-electron chi connectivity index (χ1n) is 6.25. The van der Waals surface area contributed by atoms with Crippen molar-refractivity contribution in [3.63, 3.8) is 0 Å². The van der Waals surface area contributed by atoms with E-state index in [9.17, 15) is 9.90 Å². The van der Waals surface area contributed by atoms with E-state index in [1.807, 2.05) is 6.92 Å². The van der Waals surface area contributed by atoms with Crippen molar-refractivity contribution in [2.45, 2.75) is 50.8 Å². The molecule has 16 heavy (non-hydrogen) atoms. The number of aliphatic hydroxyl groups excluding tert-OH is 1. The molecule has 2 rings (SSSR count). The first-order valence-corrected chi connectivity index (χ1v) is 6.25. The van der Waals surface area contributed by atoms with Gasteiger partial charge in [0.2, 0.25) is 0 Å². The van der Waals surface area contributed by atoms with Gasteiger partial charge in [-0.2, -0.15) is 0 Å². The molecule has 0 radical (unpaired) electrons. The molecule has 92 valence electrons. The van der Waals surface area contributed by atoms with Crippen LogP contribution in [0.15, 0.2) is 0 Å². The molecule has 1 N–H and O–H groups in total. The lowest BCUT2D eigenvalue weighted by Crippen LogP contribution is -2.60. The summed E-state index contributed by atoms with van der Waals surface area (Å²) < 4.78 is 5.83. The third-order valence-corrected chi connectivity index (χ3v) is 4.36. The maximum Gasteiger partial charge on any atom is 0.361 e. The monoisotopic (exact) mass is 228 g/mol. The Morgan fingerprint density at radius 3 is 2.44 bits per heavy atom. The number of quaternary nitrogens is 1. The van der Waals surface area contributed by atoms with Crippen LogP contribution in [0, 0.1) is 0 Å². The minimum atomic E-state index is -0.161. The highest BCUT2D eigenvalue weighted by molar-refractivity contribution is 5.70. The van der Waals surface area contributed by atoms with Gasteiger partial charge in [-0.3, -0.25) is 0 Å². The Kier molecular flexibility index (Phi) is 3.22. The predicted molar refractivity (Wildman–Crippen MR) is 59.7 cm³/mol. The number of piperidine rings is 1. The molecule has 0 unspecified atom stereocenters. The molecule has 2 bridgehead atoms. The van der Waals surface area contributed by atoms with E-state index in [4.69, 9.17) is 4.74 Å². The van der Waals surface area contributed by atoms with Gasteiger partial charge in [-0.15, -0.1) is 0 Å². The maximum atomic E-state index is 11.6. The molecule has 0 amide bonds. The Morgan fingerprint density at radius 2 is 1.94 bits per heavy atom. The van der Waals surface area contributed by atoms with Crippen molar-refractivity contribution in [2.75, 3.05) is 20.2 Å². The Labute approximate surface area is 96.8 Å². The van der Waals surface area contributed by atoms with Crippen molar-refractivity contribution in [3.05, 3.63) is 0 Å². The molecular weight excluding hydrogens is 206 g/mol. The van der Waals surface area contributed by atoms with E-state index in [0.29, 0.717) is 25.2 Å². The first kappa shape index (κ1) is 11.9. The largest absolute Gasteiger partial charge is 0.462 e. The number of carbonyl (C=O) groups is 1. The molecule has 4 heteroatoms. The lowest BCUT2D eigenvalue weighted by molar-refractivity contribution is -0.942. The highest BCUT2D eigenvalue weighted by atomic mass is 16.5. The third kappa shape index (κ3) is 1.96. The molecule has 0 aliphatic carbocycles. The van der Waals surface area contributed by atoms with Crippen LogP contribution in [0.3, 0.4) is 0 Å². The van der Waals surface area contributed by atoms with Crippen molar-refractivity contribution in [1.82, 2.24) is 0 Å². The summed E-state index contributed by atoms with van der Waals surface area (Å²) in [4.78, 5) is 11.6. The highest BCUT2D eigenvalue weighted by Gasteiger charge is 2.52. The topological polar surface area (TPSA) is 46.5 Å². The normalized spacial score (nSPS) is 42.1. The lowest BCUT2D eigenvalue weighted by Gasteiger charge is -2.45. The van der Waals surface area contributed by atoms with Gasteiger partial charge in [0.15, 0.2) is 6.54 Å². The summed E-state index contributed by atoms with van der Waals surface area (Å²) >= 11 is 0. The van der Waals surface area contributed by atoms with E-state index in [0.717, 1.165) is 30.2 Å². The first-order chi connectivity index (χ1) is 7.56. The number of esters is 1. The van der Waals surface area contributed by atoms with Crippen LogP contribution in [-0.2, 0) is 9.53 Å². The summed E-state index contributed by atoms with van der Waals surface area (Å²) in [5.74, 6) is -0.0988. The molecule has 0 aromatic carbocycles. The minimum Gasteiger partial charge on any atom is -0.462 e. The van der Waals surface area contributed by atoms with Crippen LogP contribution in [0.2, 0.25) is 0 Å². The van der Waals surface area contributed by atoms with Gasteiger partial charge in [0.1, 0.15) is 0 Å². The van der Waals surface area contributed by atoms with Crippen LogP contribution >= 0.6 is 0 Å². The lowest BCUT2D eigenvalue weighted by atomic mass is 9.97. The van der Waals surface area contributed by atoms with Crippen LogP contribution in [0.4, 0.5) is 0 Å². The smallest absolute Gasteiger partial charge is 0.361 e. The summed E-state index contributed by atoms with van der Waals surface area (Å²) in [6.07, 6.45) is 3.79. The average Bonchev–Trinajstić information content (AvgIpc) is 2.39. The predicted octanol–water partition coefficient (Wildman–Crippen LogP) is 0.682. The molecule has 0 spiro atoms. The molecule has 0 aromatic rings. The van der Waals surface area contributed by atoms with Gasteiger partial charge in [0.05, 0.1) is 31.8 Å². The number of ether oxygens (including phenoxy) is 1. The van der Waals surface area contributed by atoms with E-state index < -0.39 is 0 Å². The second kappa shape index (κ2) is 4.34. The summed E-state index contributed by atoms with van der Waals surface area (Å²) in [6, 6.07) is 0.885. The van der Waals surface area contributed by atoms with Gasteiger partial charge < -0.3 is 14.3 Å². The fourth-order valence-electron chi connectivity index (χ4n) is 3.46. The fourth-order valence-corrected chi connectivity index (χ4v) is 3.46. The molecule has 2 atom stereocenters. The zero-order chi connectivity index (χ0) is 11.8. The van der Waals surface area contributed by atoms with Crippen molar-refractivity contribution in [2.24, 2.45) is 0 Å². The van der Waals surface area contributed by atoms with Gasteiger partial charge in [-0.05, 0) is 6.92 Å². The average molecular weight is 228 g/mol. The van der Waals surface area contributed by atoms with E-state index in [1.54, 1.807) is 0 Å². The fraction of sp³-hybridized carbons (Fsp3) is 0.917. The minimum absolute atomic E-state index is 0.0988. The molecule has 2 fully saturated rings. The Balaban J connectivity index is 2.04. The van der Waals surface area contributed by atoms with Crippen molar-refractivity contribution < 1.29 is 19.1 Å². The number of carbonyl (C=O) groups excluding carboxylic acids is 1. The Hall–Kier alpha value is -0.610. The number of likely N-dealkylation sites (N-methyl/N-ethyl adjacent to an activating group) is 1. The Bertz CT molecular complexity index is 265. The molecule has 4 nitrogen and oxygen atoms in total. The standard InChI is InChI=1S/C12H22NO3/c1-3-16-12(15)8-13(2)9-4-5-10(13)7-11(14)6-9/h9-11,14H,3-8H2,1-2H3/q+1/t9-,10-,11?,13?/m1/s1. The number of fused-ring (bicyclic) bond motifs is 2. The van der Waals surface area contributed by atoms with Crippen LogP contribution < -0.4 is 0 Å². The zero-order valence-corrected chi connectivity index (χ0v) is 10.2. The van der Waals surface area contributed by atoms with Gasteiger partial charge in [-0.25, -0.2) is 4.79 Å². The van der Waals surface area contributed by atoms with Gasteiger partial charge >= 0.3 is 5.97 Å². The van der Waals surface area contributed by atoms with Gasteiger partial charge in [0.25, 0.3) is 0 Å². The Morgan fingerprint density at radius 1 is 1.38 bits per heavy atom. The second-order valence-corrected chi connectivity index (χ2v) is 5.32. The number of hydrogen-bond donors (Lipinski definition) is 1. The van der Waals surface area contributed by atoms with E-state index in [2.05, 4.69) is 7.05 Å². The number of aliphatic hydroxyl groups is 1. The molecule has 2 aliphatic rings. The maximum absolute atomic E-state index is 11.6. The highest BCUT2D eigenvalue weighted by Crippen LogP contribution is 2.40. The quantitative estimate of drug-likeness (QED) is 0.571. The number of hydrogen-bond acceptors (Lipinski definition) is 3. The van der Waals surface area contributed by atoms with Gasteiger partial charge in [0, 0.05) is 25.7 Å². The molecule has 0 aromatic heterocycles. The summed E-state index contributed by atoms with van der Waals surface area (Å²) in [7, 11) is 2.14. The van der Waals surface area contributed by atoms with E-state index in [1.165, 1.54) is 0 Å².